The molecule has 3 heteroatoms. The molecular weight excluding hydrogens is 270 g/mol. The van der Waals surface area contributed by atoms with Crippen LogP contribution >= 0.6 is 23.2 Å². The Kier molecular flexibility index (Phi) is 3.04. The molecule has 0 spiro atoms. The van der Waals surface area contributed by atoms with Gasteiger partial charge in [-0.3, -0.25) is 0 Å². The van der Waals surface area contributed by atoms with Crippen LogP contribution in [0.3, 0.4) is 0 Å². The van der Waals surface area contributed by atoms with Gasteiger partial charge in [-0.1, -0.05) is 29.8 Å². The molecule has 0 radical (unpaired) electrons. The molecule has 2 aromatic rings. The molecule has 0 nitrogen and oxygen atoms in total. The van der Waals surface area contributed by atoms with Gasteiger partial charge in [-0.15, -0.1) is 11.6 Å². The molecule has 0 saturated carbocycles. The van der Waals surface area contributed by atoms with Crippen LogP contribution in [0.1, 0.15) is 34.4 Å². The van der Waals surface area contributed by atoms with Crippen LogP contribution in [-0.4, -0.2) is 0 Å². The van der Waals surface area contributed by atoms with E-state index in [0.29, 0.717) is 5.02 Å². The predicted molar refractivity (Wildman–Crippen MR) is 72.9 cm³/mol. The first kappa shape index (κ1) is 12.0. The highest BCUT2D eigenvalue weighted by atomic mass is 35.5. The zero-order chi connectivity index (χ0) is 12.7. The SMILES string of the molecule is Fc1ccc([C@@H]2C[C@H](Cl)c3ccc(Cl)cc32)cc1. The van der Waals surface area contributed by atoms with Crippen molar-refractivity contribution in [3.8, 4) is 0 Å². The van der Waals surface area contributed by atoms with Gasteiger partial charge in [0.25, 0.3) is 0 Å². The molecule has 0 amide bonds. The van der Waals surface area contributed by atoms with Gasteiger partial charge >= 0.3 is 0 Å². The summed E-state index contributed by atoms with van der Waals surface area (Å²) >= 11 is 12.4. The zero-order valence-electron chi connectivity index (χ0n) is 9.54. The van der Waals surface area contributed by atoms with Gasteiger partial charge < -0.3 is 0 Å². The number of alkyl halides is 1. The van der Waals surface area contributed by atoms with E-state index in [1.807, 2.05) is 30.3 Å². The smallest absolute Gasteiger partial charge is 0.123 e. The predicted octanol–water partition coefficient (Wildman–Crippen LogP) is 5.29. The Morgan fingerprint density at radius 2 is 1.72 bits per heavy atom. The molecule has 3 rings (SSSR count). The van der Waals surface area contributed by atoms with Crippen LogP contribution in [0.15, 0.2) is 42.5 Å². The monoisotopic (exact) mass is 280 g/mol. The second-order valence-electron chi connectivity index (χ2n) is 4.58. The molecule has 0 aromatic heterocycles. The fourth-order valence-corrected chi connectivity index (χ4v) is 3.16. The van der Waals surface area contributed by atoms with E-state index < -0.39 is 0 Å². The van der Waals surface area contributed by atoms with Crippen LogP contribution in [0.4, 0.5) is 4.39 Å². The lowest BCUT2D eigenvalue weighted by Crippen LogP contribution is -1.96. The van der Waals surface area contributed by atoms with E-state index >= 15 is 0 Å². The molecule has 0 unspecified atom stereocenters. The first-order valence-corrected chi connectivity index (χ1v) is 6.65. The summed E-state index contributed by atoms with van der Waals surface area (Å²) in [5.41, 5.74) is 3.38. The van der Waals surface area contributed by atoms with Crippen molar-refractivity contribution in [3.63, 3.8) is 0 Å². The third-order valence-corrected chi connectivity index (χ3v) is 4.13. The number of fused-ring (bicyclic) bond motifs is 1. The quantitative estimate of drug-likeness (QED) is 0.623. The van der Waals surface area contributed by atoms with Gasteiger partial charge in [-0.2, -0.15) is 0 Å². The van der Waals surface area contributed by atoms with Gasteiger partial charge in [0, 0.05) is 10.9 Å². The summed E-state index contributed by atoms with van der Waals surface area (Å²) in [7, 11) is 0. The topological polar surface area (TPSA) is 0 Å². The fraction of sp³-hybridized carbons (Fsp3) is 0.200. The van der Waals surface area contributed by atoms with E-state index in [9.17, 15) is 4.39 Å². The molecule has 0 aliphatic heterocycles. The summed E-state index contributed by atoms with van der Waals surface area (Å²) in [4.78, 5) is 0. The van der Waals surface area contributed by atoms with Gasteiger partial charge in [0.05, 0.1) is 5.38 Å². The first-order chi connectivity index (χ1) is 8.65. The Labute approximate surface area is 115 Å². The van der Waals surface area contributed by atoms with Crippen molar-refractivity contribution < 1.29 is 4.39 Å². The summed E-state index contributed by atoms with van der Waals surface area (Å²) < 4.78 is 13.0. The highest BCUT2D eigenvalue weighted by Crippen LogP contribution is 2.47. The number of hydrogen-bond acceptors (Lipinski definition) is 0. The van der Waals surface area contributed by atoms with E-state index in [1.165, 1.54) is 12.1 Å². The van der Waals surface area contributed by atoms with E-state index in [1.54, 1.807) is 0 Å². The van der Waals surface area contributed by atoms with Gasteiger partial charge in [-0.05, 0) is 47.4 Å². The zero-order valence-corrected chi connectivity index (χ0v) is 11.0. The summed E-state index contributed by atoms with van der Waals surface area (Å²) in [6.07, 6.45) is 0.836. The lowest BCUT2D eigenvalue weighted by Gasteiger charge is -2.12. The Morgan fingerprint density at radius 3 is 2.44 bits per heavy atom. The number of benzene rings is 2. The standard InChI is InChI=1S/C15H11Cl2F/c16-10-3-6-12-14(7-10)13(8-15(12)17)9-1-4-11(18)5-2-9/h1-7,13,15H,8H2/t13-,15-/m0/s1. The second-order valence-corrected chi connectivity index (χ2v) is 5.54. The van der Waals surface area contributed by atoms with Crippen molar-refractivity contribution in [1.29, 1.82) is 0 Å². The second kappa shape index (κ2) is 4.56. The van der Waals surface area contributed by atoms with Crippen LogP contribution in [0.5, 0.6) is 0 Å². The van der Waals surface area contributed by atoms with Crippen molar-refractivity contribution in [2.75, 3.05) is 0 Å². The van der Waals surface area contributed by atoms with Crippen molar-refractivity contribution in [3.05, 3.63) is 70.0 Å². The van der Waals surface area contributed by atoms with Gasteiger partial charge in [0.15, 0.2) is 0 Å². The average molecular weight is 281 g/mol. The number of rotatable bonds is 1. The highest BCUT2D eigenvalue weighted by molar-refractivity contribution is 6.30. The highest BCUT2D eigenvalue weighted by Gasteiger charge is 2.30. The Morgan fingerprint density at radius 1 is 1.00 bits per heavy atom. The summed E-state index contributed by atoms with van der Waals surface area (Å²) in [6.45, 7) is 0. The van der Waals surface area contributed by atoms with Crippen LogP contribution < -0.4 is 0 Å². The molecule has 0 N–H and O–H groups in total. The van der Waals surface area contributed by atoms with E-state index in [4.69, 9.17) is 23.2 Å². The van der Waals surface area contributed by atoms with Crippen molar-refractivity contribution in [2.24, 2.45) is 0 Å². The number of hydrogen-bond donors (Lipinski definition) is 0. The van der Waals surface area contributed by atoms with Crippen molar-refractivity contribution in [1.82, 2.24) is 0 Å². The minimum atomic E-state index is -0.217. The molecule has 1 aliphatic carbocycles. The lowest BCUT2D eigenvalue weighted by atomic mass is 9.93. The molecule has 92 valence electrons. The molecule has 2 aromatic carbocycles. The molecular formula is C15H11Cl2F. The molecule has 2 atom stereocenters. The Bertz CT molecular complexity index is 578. The van der Waals surface area contributed by atoms with Crippen LogP contribution in [-0.2, 0) is 0 Å². The molecule has 1 aliphatic rings. The fourth-order valence-electron chi connectivity index (χ4n) is 2.60. The van der Waals surface area contributed by atoms with E-state index in [0.717, 1.165) is 23.1 Å². The maximum absolute atomic E-state index is 13.0. The molecule has 18 heavy (non-hydrogen) atoms. The van der Waals surface area contributed by atoms with E-state index in [2.05, 4.69) is 0 Å². The van der Waals surface area contributed by atoms with Gasteiger partial charge in [0.1, 0.15) is 5.82 Å². The van der Waals surface area contributed by atoms with E-state index in [-0.39, 0.29) is 17.1 Å². The summed E-state index contributed by atoms with van der Waals surface area (Å²) in [5, 5.41) is 0.721. The molecule has 0 saturated heterocycles. The first-order valence-electron chi connectivity index (χ1n) is 5.84. The maximum atomic E-state index is 13.0. The normalized spacial score (nSPS) is 21.9. The van der Waals surface area contributed by atoms with Gasteiger partial charge in [-0.25, -0.2) is 4.39 Å². The maximum Gasteiger partial charge on any atom is 0.123 e. The molecule has 0 bridgehead atoms. The summed E-state index contributed by atoms with van der Waals surface area (Å²) in [6, 6.07) is 12.4. The largest absolute Gasteiger partial charge is 0.207 e. The van der Waals surface area contributed by atoms with Gasteiger partial charge in [0.2, 0.25) is 0 Å². The Hall–Kier alpha value is -1.05. The third-order valence-electron chi connectivity index (χ3n) is 3.48. The third kappa shape index (κ3) is 2.02. The average Bonchev–Trinajstić information content (AvgIpc) is 2.67. The lowest BCUT2D eigenvalue weighted by molar-refractivity contribution is 0.626. The van der Waals surface area contributed by atoms with Crippen LogP contribution in [0.25, 0.3) is 0 Å². The Balaban J connectivity index is 2.06. The van der Waals surface area contributed by atoms with Crippen molar-refractivity contribution in [2.45, 2.75) is 17.7 Å². The minimum absolute atomic E-state index is 0.00678. The number of halogens is 3. The minimum Gasteiger partial charge on any atom is -0.207 e. The molecule has 0 fully saturated rings. The van der Waals surface area contributed by atoms with Crippen molar-refractivity contribution >= 4 is 23.2 Å². The summed E-state index contributed by atoms with van der Waals surface area (Å²) in [5.74, 6) is -0.00714. The van der Waals surface area contributed by atoms with Crippen LogP contribution in [0.2, 0.25) is 5.02 Å². The van der Waals surface area contributed by atoms with Crippen LogP contribution in [0, 0.1) is 5.82 Å². The molecule has 0 heterocycles.